The molecule has 2 amide bonds. The van der Waals surface area contributed by atoms with Gasteiger partial charge in [0.1, 0.15) is 17.6 Å². The number of carbonyl (C=O) groups excluding carboxylic acids is 2. The molecule has 1 heterocycles. The number of carbonyl (C=O) groups is 2. The van der Waals surface area contributed by atoms with E-state index in [1.165, 1.54) is 23.1 Å². The summed E-state index contributed by atoms with van der Waals surface area (Å²) >= 11 is 3.16. The second kappa shape index (κ2) is 6.21. The zero-order valence-corrected chi connectivity index (χ0v) is 12.4. The van der Waals surface area contributed by atoms with E-state index in [1.807, 2.05) is 0 Å². The second-order valence-electron chi connectivity index (χ2n) is 4.42. The van der Waals surface area contributed by atoms with Gasteiger partial charge in [-0.15, -0.1) is 0 Å². The van der Waals surface area contributed by atoms with Crippen LogP contribution in [0.5, 0.6) is 5.75 Å². The van der Waals surface area contributed by atoms with Crippen LogP contribution in [0, 0.1) is 5.82 Å². The topological polar surface area (TPSA) is 58.6 Å². The van der Waals surface area contributed by atoms with E-state index in [1.54, 1.807) is 6.92 Å². The van der Waals surface area contributed by atoms with E-state index >= 15 is 0 Å². The van der Waals surface area contributed by atoms with Gasteiger partial charge >= 0.3 is 0 Å². The lowest BCUT2D eigenvalue weighted by molar-refractivity contribution is -0.143. The van der Waals surface area contributed by atoms with Gasteiger partial charge in [0.2, 0.25) is 5.91 Å². The molecule has 0 radical (unpaired) electrons. The van der Waals surface area contributed by atoms with Gasteiger partial charge < -0.3 is 15.0 Å². The van der Waals surface area contributed by atoms with Crippen molar-refractivity contribution in [1.82, 2.24) is 10.2 Å². The van der Waals surface area contributed by atoms with Crippen LogP contribution in [-0.2, 0) is 9.59 Å². The van der Waals surface area contributed by atoms with E-state index in [4.69, 9.17) is 4.74 Å². The lowest BCUT2D eigenvalue weighted by Gasteiger charge is -2.32. The Kier molecular flexibility index (Phi) is 4.59. The number of benzene rings is 1. The van der Waals surface area contributed by atoms with Crippen LogP contribution in [0.3, 0.4) is 0 Å². The molecule has 1 aromatic carbocycles. The third-order valence-corrected chi connectivity index (χ3v) is 3.68. The van der Waals surface area contributed by atoms with Crippen molar-refractivity contribution in [2.75, 3.05) is 19.7 Å². The Bertz CT molecular complexity index is 538. The predicted octanol–water partition coefficient (Wildman–Crippen LogP) is 1.31. The molecule has 0 spiro atoms. The van der Waals surface area contributed by atoms with Crippen LogP contribution in [0.1, 0.15) is 6.92 Å². The summed E-state index contributed by atoms with van der Waals surface area (Å²) in [5.74, 6) is -0.457. The Hall–Kier alpha value is -1.63. The number of hydrogen-bond acceptors (Lipinski definition) is 3. The largest absolute Gasteiger partial charge is 0.483 e. The van der Waals surface area contributed by atoms with Crippen molar-refractivity contribution in [3.8, 4) is 5.75 Å². The molecule has 7 heteroatoms. The molecule has 1 aliphatic heterocycles. The molecule has 0 bridgehead atoms. The maximum Gasteiger partial charge on any atom is 0.261 e. The molecule has 20 heavy (non-hydrogen) atoms. The van der Waals surface area contributed by atoms with Crippen molar-refractivity contribution in [1.29, 1.82) is 0 Å². The number of nitrogens with zero attached hydrogens (tertiary/aromatic N) is 1. The molecule has 2 rings (SSSR count). The fourth-order valence-electron chi connectivity index (χ4n) is 1.94. The molecule has 0 saturated carbocycles. The van der Waals surface area contributed by atoms with Crippen molar-refractivity contribution >= 4 is 27.7 Å². The van der Waals surface area contributed by atoms with Gasteiger partial charge in [0.15, 0.2) is 6.61 Å². The highest BCUT2D eigenvalue weighted by Crippen LogP contribution is 2.25. The lowest BCUT2D eigenvalue weighted by Crippen LogP contribution is -2.56. The normalized spacial score (nSPS) is 18.6. The Morgan fingerprint density at radius 3 is 3.05 bits per heavy atom. The second-order valence-corrected chi connectivity index (χ2v) is 5.27. The van der Waals surface area contributed by atoms with E-state index in [0.29, 0.717) is 23.3 Å². The minimum absolute atomic E-state index is 0.174. The van der Waals surface area contributed by atoms with Crippen molar-refractivity contribution in [2.45, 2.75) is 13.0 Å². The zero-order chi connectivity index (χ0) is 14.7. The smallest absolute Gasteiger partial charge is 0.261 e. The first-order chi connectivity index (χ1) is 9.49. The first kappa shape index (κ1) is 14.8. The van der Waals surface area contributed by atoms with Gasteiger partial charge in [-0.1, -0.05) is 0 Å². The molecule has 1 unspecified atom stereocenters. The van der Waals surface area contributed by atoms with Crippen molar-refractivity contribution in [2.24, 2.45) is 0 Å². The third kappa shape index (κ3) is 3.27. The summed E-state index contributed by atoms with van der Waals surface area (Å²) in [6.07, 6.45) is 0. The fraction of sp³-hybridized carbons (Fsp3) is 0.385. The molecule has 1 fully saturated rings. The van der Waals surface area contributed by atoms with Crippen LogP contribution in [-0.4, -0.2) is 42.5 Å². The van der Waals surface area contributed by atoms with Crippen molar-refractivity contribution < 1.29 is 18.7 Å². The summed E-state index contributed by atoms with van der Waals surface area (Å²) < 4.78 is 18.7. The molecule has 5 nitrogen and oxygen atoms in total. The average Bonchev–Trinajstić information content (AvgIpc) is 2.40. The highest BCUT2D eigenvalue weighted by atomic mass is 79.9. The molecular formula is C13H14BrFN2O3. The Morgan fingerprint density at radius 1 is 1.60 bits per heavy atom. The highest BCUT2D eigenvalue weighted by Gasteiger charge is 2.29. The molecule has 0 aromatic heterocycles. The Labute approximate surface area is 124 Å². The zero-order valence-electron chi connectivity index (χ0n) is 10.9. The van der Waals surface area contributed by atoms with Gasteiger partial charge in [0.25, 0.3) is 5.91 Å². The quantitative estimate of drug-likeness (QED) is 0.899. The highest BCUT2D eigenvalue weighted by molar-refractivity contribution is 9.10. The van der Waals surface area contributed by atoms with Gasteiger partial charge in [-0.2, -0.15) is 0 Å². The molecule has 0 aliphatic carbocycles. The Balaban J connectivity index is 1.96. The molecule has 1 aromatic rings. The minimum Gasteiger partial charge on any atom is -0.483 e. The van der Waals surface area contributed by atoms with Crippen LogP contribution in [0.15, 0.2) is 22.7 Å². The summed E-state index contributed by atoms with van der Waals surface area (Å²) in [5, 5.41) is 2.68. The van der Waals surface area contributed by atoms with Gasteiger partial charge in [-0.25, -0.2) is 4.39 Å². The van der Waals surface area contributed by atoms with Crippen molar-refractivity contribution in [3.63, 3.8) is 0 Å². The van der Waals surface area contributed by atoms with Crippen LogP contribution >= 0.6 is 15.9 Å². The van der Waals surface area contributed by atoms with E-state index in [0.717, 1.165) is 0 Å². The molecule has 1 saturated heterocycles. The van der Waals surface area contributed by atoms with Gasteiger partial charge in [0.05, 0.1) is 4.47 Å². The third-order valence-electron chi connectivity index (χ3n) is 3.06. The number of hydrogen-bond donors (Lipinski definition) is 1. The van der Waals surface area contributed by atoms with E-state index < -0.39 is 11.9 Å². The number of ether oxygens (including phenoxy) is 1. The maximum atomic E-state index is 12.9. The van der Waals surface area contributed by atoms with E-state index in [2.05, 4.69) is 21.2 Å². The first-order valence-corrected chi connectivity index (χ1v) is 6.93. The number of halogens is 2. The summed E-state index contributed by atoms with van der Waals surface area (Å²) in [6, 6.07) is 3.45. The monoisotopic (exact) mass is 344 g/mol. The standard InChI is InChI=1S/C13H14BrFN2O3/c1-8-13(19)16-4-5-17(8)12(18)7-20-11-3-2-9(15)6-10(11)14/h2-3,6,8H,4-5,7H2,1H3,(H,16,19). The summed E-state index contributed by atoms with van der Waals surface area (Å²) in [6.45, 7) is 2.37. The SMILES string of the molecule is CC1C(=O)NCCN1C(=O)COc1ccc(F)cc1Br. The molecule has 108 valence electrons. The van der Waals surface area contributed by atoms with Crippen LogP contribution in [0.4, 0.5) is 4.39 Å². The molecule has 1 N–H and O–H groups in total. The van der Waals surface area contributed by atoms with Crippen LogP contribution < -0.4 is 10.1 Å². The van der Waals surface area contributed by atoms with Gasteiger partial charge in [-0.3, -0.25) is 9.59 Å². The van der Waals surface area contributed by atoms with Crippen LogP contribution in [0.25, 0.3) is 0 Å². The Morgan fingerprint density at radius 2 is 2.35 bits per heavy atom. The van der Waals surface area contributed by atoms with E-state index in [9.17, 15) is 14.0 Å². The first-order valence-electron chi connectivity index (χ1n) is 6.14. The molecule has 1 aliphatic rings. The summed E-state index contributed by atoms with van der Waals surface area (Å²) in [7, 11) is 0. The maximum absolute atomic E-state index is 12.9. The number of piperazine rings is 1. The van der Waals surface area contributed by atoms with Crippen LogP contribution in [0.2, 0.25) is 0 Å². The predicted molar refractivity (Wildman–Crippen MR) is 73.8 cm³/mol. The minimum atomic E-state index is -0.503. The van der Waals surface area contributed by atoms with E-state index in [-0.39, 0.29) is 18.4 Å². The molecule has 1 atom stereocenters. The summed E-state index contributed by atoms with van der Waals surface area (Å²) in [5.41, 5.74) is 0. The van der Waals surface area contributed by atoms with Gasteiger partial charge in [0, 0.05) is 13.1 Å². The number of amides is 2. The molecular weight excluding hydrogens is 331 g/mol. The number of rotatable bonds is 3. The number of nitrogens with one attached hydrogen (secondary N) is 1. The van der Waals surface area contributed by atoms with Gasteiger partial charge in [-0.05, 0) is 41.1 Å². The fourth-order valence-corrected chi connectivity index (χ4v) is 2.40. The lowest BCUT2D eigenvalue weighted by atomic mass is 10.2. The summed E-state index contributed by atoms with van der Waals surface area (Å²) in [4.78, 5) is 25.0. The van der Waals surface area contributed by atoms with Crippen molar-refractivity contribution in [3.05, 3.63) is 28.5 Å². The average molecular weight is 345 g/mol.